The van der Waals surface area contributed by atoms with Crippen LogP contribution in [0.3, 0.4) is 0 Å². The molecule has 118 valence electrons. The monoisotopic (exact) mass is 304 g/mol. The van der Waals surface area contributed by atoms with Crippen LogP contribution in [0.5, 0.6) is 5.75 Å². The van der Waals surface area contributed by atoms with Crippen molar-refractivity contribution in [1.82, 2.24) is 0 Å². The highest BCUT2D eigenvalue weighted by atomic mass is 16.5. The molecule has 2 aromatic rings. The van der Waals surface area contributed by atoms with Crippen molar-refractivity contribution in [3.8, 4) is 5.75 Å². The number of nitrogens with two attached hydrogens (primary N) is 8. The Morgan fingerprint density at radius 1 is 0.591 bits per heavy atom. The van der Waals surface area contributed by atoms with E-state index in [2.05, 4.69) is 0 Å². The standard InChI is InChI=1S/C13H20N8O/c14-5-1-6(15)10(18)9(17)4(5)3-22-8-2-7(16)11(19)13(21)12(8)20/h1-2H,3,14-21H2. The minimum absolute atomic E-state index is 0.0230. The van der Waals surface area contributed by atoms with Gasteiger partial charge in [-0.05, 0) is 6.07 Å². The molecule has 0 aromatic heterocycles. The van der Waals surface area contributed by atoms with E-state index in [9.17, 15) is 0 Å². The Kier molecular flexibility index (Phi) is 3.56. The average molecular weight is 304 g/mol. The van der Waals surface area contributed by atoms with Crippen LogP contribution in [0.2, 0.25) is 0 Å². The molecule has 0 spiro atoms. The van der Waals surface area contributed by atoms with E-state index in [1.165, 1.54) is 12.1 Å². The topological polar surface area (TPSA) is 217 Å². The molecule has 0 heterocycles. The van der Waals surface area contributed by atoms with Gasteiger partial charge in [-0.25, -0.2) is 0 Å². The number of benzene rings is 2. The van der Waals surface area contributed by atoms with Gasteiger partial charge < -0.3 is 50.6 Å². The number of ether oxygens (including phenoxy) is 1. The molecule has 0 amide bonds. The van der Waals surface area contributed by atoms with E-state index in [0.717, 1.165) is 0 Å². The zero-order valence-corrected chi connectivity index (χ0v) is 11.9. The Bertz CT molecular complexity index is 744. The molecule has 9 nitrogen and oxygen atoms in total. The molecule has 0 bridgehead atoms. The van der Waals surface area contributed by atoms with Crippen LogP contribution in [-0.4, -0.2) is 0 Å². The van der Waals surface area contributed by atoms with Gasteiger partial charge in [-0.2, -0.15) is 0 Å². The first-order chi connectivity index (χ1) is 10.2. The number of nitrogen functional groups attached to an aromatic ring is 8. The van der Waals surface area contributed by atoms with E-state index in [4.69, 9.17) is 50.6 Å². The molecule has 16 N–H and O–H groups in total. The quantitative estimate of drug-likeness (QED) is 0.355. The Labute approximate surface area is 127 Å². The van der Waals surface area contributed by atoms with Gasteiger partial charge in [0.1, 0.15) is 12.4 Å². The molecule has 0 saturated carbocycles. The van der Waals surface area contributed by atoms with Crippen molar-refractivity contribution >= 4 is 45.5 Å². The highest BCUT2D eigenvalue weighted by Crippen LogP contribution is 2.38. The van der Waals surface area contributed by atoms with Crippen molar-refractivity contribution in [1.29, 1.82) is 0 Å². The molecule has 0 atom stereocenters. The lowest BCUT2D eigenvalue weighted by molar-refractivity contribution is 0.310. The molecule has 0 radical (unpaired) electrons. The summed E-state index contributed by atoms with van der Waals surface area (Å²) >= 11 is 0. The first-order valence-corrected chi connectivity index (χ1v) is 6.31. The molecular weight excluding hydrogens is 284 g/mol. The van der Waals surface area contributed by atoms with Crippen molar-refractivity contribution in [2.75, 3.05) is 45.9 Å². The second-order valence-corrected chi connectivity index (χ2v) is 4.85. The molecule has 22 heavy (non-hydrogen) atoms. The molecular formula is C13H20N8O. The number of hydrogen-bond acceptors (Lipinski definition) is 9. The summed E-state index contributed by atoms with van der Waals surface area (Å²) < 4.78 is 5.60. The predicted molar refractivity (Wildman–Crippen MR) is 92.5 cm³/mol. The number of hydrogen-bond donors (Lipinski definition) is 8. The van der Waals surface area contributed by atoms with Crippen molar-refractivity contribution < 1.29 is 4.74 Å². The molecule has 0 aliphatic rings. The van der Waals surface area contributed by atoms with Crippen LogP contribution in [0, 0.1) is 0 Å². The van der Waals surface area contributed by atoms with Gasteiger partial charge in [0.2, 0.25) is 0 Å². The smallest absolute Gasteiger partial charge is 0.147 e. The second-order valence-electron chi connectivity index (χ2n) is 4.85. The number of anilines is 8. The number of rotatable bonds is 3. The van der Waals surface area contributed by atoms with Crippen LogP contribution < -0.4 is 50.6 Å². The van der Waals surface area contributed by atoms with Crippen LogP contribution >= 0.6 is 0 Å². The lowest BCUT2D eigenvalue weighted by Gasteiger charge is -2.17. The van der Waals surface area contributed by atoms with E-state index in [0.29, 0.717) is 16.9 Å². The minimum Gasteiger partial charge on any atom is -0.486 e. The summed E-state index contributed by atoms with van der Waals surface area (Å²) in [6.07, 6.45) is 0. The normalized spacial score (nSPS) is 10.5. The molecule has 0 aliphatic heterocycles. The maximum Gasteiger partial charge on any atom is 0.147 e. The third-order valence-corrected chi connectivity index (χ3v) is 3.40. The predicted octanol–water partition coefficient (Wildman–Crippen LogP) is -0.0768. The Hall–Kier alpha value is -3.36. The summed E-state index contributed by atoms with van der Waals surface area (Å²) in [5.74, 6) is 0.276. The first-order valence-electron chi connectivity index (χ1n) is 6.31. The zero-order chi connectivity index (χ0) is 16.6. The van der Waals surface area contributed by atoms with E-state index in [1.807, 2.05) is 0 Å². The van der Waals surface area contributed by atoms with Crippen LogP contribution in [0.1, 0.15) is 5.56 Å². The van der Waals surface area contributed by atoms with Crippen LogP contribution in [0.4, 0.5) is 45.5 Å². The summed E-state index contributed by atoms with van der Waals surface area (Å²) in [4.78, 5) is 0. The van der Waals surface area contributed by atoms with Gasteiger partial charge in [0, 0.05) is 17.3 Å². The van der Waals surface area contributed by atoms with Gasteiger partial charge in [0.15, 0.2) is 0 Å². The Balaban J connectivity index is 2.34. The maximum atomic E-state index is 5.90. The summed E-state index contributed by atoms with van der Waals surface area (Å²) in [5, 5.41) is 0. The summed E-state index contributed by atoms with van der Waals surface area (Å²) in [7, 11) is 0. The van der Waals surface area contributed by atoms with Crippen LogP contribution in [-0.2, 0) is 6.61 Å². The summed E-state index contributed by atoms with van der Waals surface area (Å²) in [5.41, 5.74) is 48.8. The average Bonchev–Trinajstić information content (AvgIpc) is 2.47. The third-order valence-electron chi connectivity index (χ3n) is 3.40. The summed E-state index contributed by atoms with van der Waals surface area (Å²) in [6.45, 7) is 0.0230. The van der Waals surface area contributed by atoms with E-state index < -0.39 is 0 Å². The SMILES string of the molecule is Nc1cc(OCc2c(N)cc(N)c(N)c2N)c(N)c(N)c1N. The fourth-order valence-electron chi connectivity index (χ4n) is 1.97. The molecule has 0 saturated heterocycles. The van der Waals surface area contributed by atoms with Gasteiger partial charge in [-0.3, -0.25) is 0 Å². The first kappa shape index (κ1) is 15.0. The molecule has 2 rings (SSSR count). The van der Waals surface area contributed by atoms with E-state index >= 15 is 0 Å². The Morgan fingerprint density at radius 3 is 1.77 bits per heavy atom. The molecule has 0 aliphatic carbocycles. The van der Waals surface area contributed by atoms with E-state index in [1.54, 1.807) is 0 Å². The maximum absolute atomic E-state index is 5.90. The molecule has 0 unspecified atom stereocenters. The fraction of sp³-hybridized carbons (Fsp3) is 0.0769. The minimum atomic E-state index is 0.0230. The second kappa shape index (κ2) is 5.20. The van der Waals surface area contributed by atoms with Crippen LogP contribution in [0.25, 0.3) is 0 Å². The van der Waals surface area contributed by atoms with Gasteiger partial charge >= 0.3 is 0 Å². The van der Waals surface area contributed by atoms with Crippen LogP contribution in [0.15, 0.2) is 12.1 Å². The third kappa shape index (κ3) is 2.35. The lowest BCUT2D eigenvalue weighted by atomic mass is 10.1. The van der Waals surface area contributed by atoms with Gasteiger partial charge in [-0.1, -0.05) is 0 Å². The van der Waals surface area contributed by atoms with E-state index in [-0.39, 0.29) is 46.5 Å². The van der Waals surface area contributed by atoms with Gasteiger partial charge in [-0.15, -0.1) is 0 Å². The van der Waals surface area contributed by atoms with Crippen molar-refractivity contribution in [2.45, 2.75) is 6.61 Å². The lowest BCUT2D eigenvalue weighted by Crippen LogP contribution is -2.11. The highest BCUT2D eigenvalue weighted by molar-refractivity contribution is 5.90. The van der Waals surface area contributed by atoms with Crippen molar-refractivity contribution in [3.05, 3.63) is 17.7 Å². The highest BCUT2D eigenvalue weighted by Gasteiger charge is 2.15. The molecule has 2 aromatic carbocycles. The molecule has 9 heteroatoms. The summed E-state index contributed by atoms with van der Waals surface area (Å²) in [6, 6.07) is 2.99. The van der Waals surface area contributed by atoms with Gasteiger partial charge in [0.05, 0.1) is 39.8 Å². The molecule has 0 fully saturated rings. The van der Waals surface area contributed by atoms with Crippen molar-refractivity contribution in [3.63, 3.8) is 0 Å². The van der Waals surface area contributed by atoms with Gasteiger partial charge in [0.25, 0.3) is 0 Å². The van der Waals surface area contributed by atoms with Crippen molar-refractivity contribution in [2.24, 2.45) is 0 Å². The largest absolute Gasteiger partial charge is 0.486 e. The zero-order valence-electron chi connectivity index (χ0n) is 11.9. The Morgan fingerprint density at radius 2 is 1.14 bits per heavy atom. The fourth-order valence-corrected chi connectivity index (χ4v) is 1.97.